The van der Waals surface area contributed by atoms with Gasteiger partial charge in [0.15, 0.2) is 9.84 Å². The first-order valence-corrected chi connectivity index (χ1v) is 9.09. The number of amides is 2. The van der Waals surface area contributed by atoms with Crippen molar-refractivity contribution in [3.63, 3.8) is 0 Å². The molecule has 7 heteroatoms. The van der Waals surface area contributed by atoms with Crippen LogP contribution in [0, 0.1) is 5.92 Å². The van der Waals surface area contributed by atoms with Gasteiger partial charge in [0.25, 0.3) is 0 Å². The molecule has 1 aromatic rings. The summed E-state index contributed by atoms with van der Waals surface area (Å²) < 4.78 is 22.6. The van der Waals surface area contributed by atoms with E-state index in [2.05, 4.69) is 10.9 Å². The van der Waals surface area contributed by atoms with Crippen LogP contribution in [0.4, 0.5) is 0 Å². The summed E-state index contributed by atoms with van der Waals surface area (Å²) in [7, 11) is -2.98. The minimum Gasteiger partial charge on any atom is -0.273 e. The highest BCUT2D eigenvalue weighted by Gasteiger charge is 2.29. The Hall–Kier alpha value is -1.89. The molecule has 2 N–H and O–H groups in total. The van der Waals surface area contributed by atoms with Crippen molar-refractivity contribution >= 4 is 21.7 Å². The molecule has 1 aromatic carbocycles. The molecule has 0 saturated carbocycles. The lowest BCUT2D eigenvalue weighted by molar-refractivity contribution is -0.129. The zero-order chi connectivity index (χ0) is 16.0. The Morgan fingerprint density at radius 1 is 1.09 bits per heavy atom. The summed E-state index contributed by atoms with van der Waals surface area (Å²) in [5.41, 5.74) is 5.75. The Morgan fingerprint density at radius 2 is 1.77 bits per heavy atom. The van der Waals surface area contributed by atoms with Crippen LogP contribution in [0.15, 0.2) is 30.3 Å². The van der Waals surface area contributed by atoms with Crippen molar-refractivity contribution in [1.82, 2.24) is 10.9 Å². The van der Waals surface area contributed by atoms with Crippen LogP contribution in [0.1, 0.15) is 24.8 Å². The lowest BCUT2D eigenvalue weighted by Crippen LogP contribution is -2.42. The van der Waals surface area contributed by atoms with E-state index in [9.17, 15) is 18.0 Å². The van der Waals surface area contributed by atoms with E-state index in [1.807, 2.05) is 30.3 Å². The summed E-state index contributed by atoms with van der Waals surface area (Å²) in [5.74, 6) is -0.561. The first kappa shape index (κ1) is 16.5. The van der Waals surface area contributed by atoms with Crippen molar-refractivity contribution in [1.29, 1.82) is 0 Å². The van der Waals surface area contributed by atoms with Gasteiger partial charge in [-0.25, -0.2) is 8.42 Å². The van der Waals surface area contributed by atoms with Crippen LogP contribution in [-0.2, 0) is 25.8 Å². The number of nitrogens with one attached hydrogen (secondary N) is 2. The van der Waals surface area contributed by atoms with Crippen LogP contribution in [0.5, 0.6) is 0 Å². The van der Waals surface area contributed by atoms with Crippen LogP contribution in [-0.4, -0.2) is 31.7 Å². The highest BCUT2D eigenvalue weighted by molar-refractivity contribution is 7.91. The molecule has 0 radical (unpaired) electrons. The number of carbonyl (C=O) groups is 2. The maximum absolute atomic E-state index is 11.7. The fourth-order valence-electron chi connectivity index (χ4n) is 2.45. The molecule has 0 unspecified atom stereocenters. The topological polar surface area (TPSA) is 92.3 Å². The number of hydrogen-bond donors (Lipinski definition) is 2. The SMILES string of the molecule is O=C(CCc1ccccc1)NNC(=O)C[C@H]1CCS(=O)(=O)C1. The van der Waals surface area contributed by atoms with Crippen molar-refractivity contribution < 1.29 is 18.0 Å². The smallest absolute Gasteiger partial charge is 0.238 e. The monoisotopic (exact) mass is 324 g/mol. The van der Waals surface area contributed by atoms with Gasteiger partial charge in [-0.05, 0) is 24.3 Å². The molecule has 0 aromatic heterocycles. The Labute approximate surface area is 130 Å². The first-order chi connectivity index (χ1) is 10.4. The van der Waals surface area contributed by atoms with Gasteiger partial charge in [-0.15, -0.1) is 0 Å². The Balaban J connectivity index is 1.65. The van der Waals surface area contributed by atoms with Crippen molar-refractivity contribution in [2.45, 2.75) is 25.7 Å². The van der Waals surface area contributed by atoms with Crippen LogP contribution < -0.4 is 10.9 Å². The molecule has 22 heavy (non-hydrogen) atoms. The summed E-state index contributed by atoms with van der Waals surface area (Å²) in [6.45, 7) is 0. The van der Waals surface area contributed by atoms with E-state index in [1.165, 1.54) is 0 Å². The van der Waals surface area contributed by atoms with Gasteiger partial charge in [-0.2, -0.15) is 0 Å². The van der Waals surface area contributed by atoms with Gasteiger partial charge in [0.1, 0.15) is 0 Å². The zero-order valence-corrected chi connectivity index (χ0v) is 13.1. The molecule has 0 bridgehead atoms. The van der Waals surface area contributed by atoms with Crippen LogP contribution >= 0.6 is 0 Å². The van der Waals surface area contributed by atoms with Gasteiger partial charge in [0.2, 0.25) is 11.8 Å². The fourth-order valence-corrected chi connectivity index (χ4v) is 4.31. The van der Waals surface area contributed by atoms with E-state index in [4.69, 9.17) is 0 Å². The van der Waals surface area contributed by atoms with Gasteiger partial charge in [0, 0.05) is 12.8 Å². The second kappa shape index (κ2) is 7.40. The summed E-state index contributed by atoms with van der Waals surface area (Å²) in [6, 6.07) is 9.60. The van der Waals surface area contributed by atoms with E-state index >= 15 is 0 Å². The third-order valence-corrected chi connectivity index (χ3v) is 5.46. The molecule has 0 spiro atoms. The molecule has 120 valence electrons. The maximum atomic E-state index is 11.7. The summed E-state index contributed by atoms with van der Waals surface area (Å²) >= 11 is 0. The Morgan fingerprint density at radius 3 is 2.41 bits per heavy atom. The average Bonchev–Trinajstić information content (AvgIpc) is 2.83. The number of benzene rings is 1. The molecule has 2 amide bonds. The summed E-state index contributed by atoms with van der Waals surface area (Å²) in [5, 5.41) is 0. The normalized spacial score (nSPS) is 19.5. The minimum atomic E-state index is -2.98. The predicted octanol–water partition coefficient (Wildman–Crippen LogP) is 0.591. The van der Waals surface area contributed by atoms with Crippen molar-refractivity contribution in [2.75, 3.05) is 11.5 Å². The summed E-state index contributed by atoms with van der Waals surface area (Å²) in [6.07, 6.45) is 1.52. The lowest BCUT2D eigenvalue weighted by Gasteiger charge is -2.10. The molecular weight excluding hydrogens is 304 g/mol. The molecule has 2 rings (SSSR count). The Bertz CT molecular complexity index is 628. The van der Waals surface area contributed by atoms with Gasteiger partial charge in [-0.3, -0.25) is 20.4 Å². The fraction of sp³-hybridized carbons (Fsp3) is 0.467. The van der Waals surface area contributed by atoms with E-state index in [0.717, 1.165) is 5.56 Å². The van der Waals surface area contributed by atoms with Crippen LogP contribution in [0.3, 0.4) is 0 Å². The molecule has 6 nitrogen and oxygen atoms in total. The van der Waals surface area contributed by atoms with Crippen molar-refractivity contribution in [3.05, 3.63) is 35.9 Å². The van der Waals surface area contributed by atoms with Crippen molar-refractivity contribution in [2.24, 2.45) is 5.92 Å². The maximum Gasteiger partial charge on any atom is 0.238 e. The number of hydrazine groups is 1. The second-order valence-corrected chi connectivity index (χ2v) is 7.78. The van der Waals surface area contributed by atoms with Gasteiger partial charge in [0.05, 0.1) is 11.5 Å². The summed E-state index contributed by atoms with van der Waals surface area (Å²) in [4.78, 5) is 23.3. The standard InChI is InChI=1S/C15H20N2O4S/c18-14(7-6-12-4-2-1-3-5-12)16-17-15(19)10-13-8-9-22(20,21)11-13/h1-5,13H,6-11H2,(H,16,18)(H,17,19)/t13-/m1/s1. The van der Waals surface area contributed by atoms with Crippen LogP contribution in [0.2, 0.25) is 0 Å². The average molecular weight is 324 g/mol. The first-order valence-electron chi connectivity index (χ1n) is 7.27. The predicted molar refractivity (Wildman–Crippen MR) is 82.4 cm³/mol. The highest BCUT2D eigenvalue weighted by atomic mass is 32.2. The van der Waals surface area contributed by atoms with E-state index in [0.29, 0.717) is 12.8 Å². The molecule has 1 fully saturated rings. The molecule has 1 saturated heterocycles. The quantitative estimate of drug-likeness (QED) is 0.776. The largest absolute Gasteiger partial charge is 0.273 e. The zero-order valence-electron chi connectivity index (χ0n) is 12.2. The number of rotatable bonds is 5. The van der Waals surface area contributed by atoms with Crippen LogP contribution in [0.25, 0.3) is 0 Å². The number of hydrogen-bond acceptors (Lipinski definition) is 4. The number of aryl methyl sites for hydroxylation is 1. The van der Waals surface area contributed by atoms with Gasteiger partial charge < -0.3 is 0 Å². The Kier molecular flexibility index (Phi) is 5.54. The van der Waals surface area contributed by atoms with E-state index < -0.39 is 9.84 Å². The highest BCUT2D eigenvalue weighted by Crippen LogP contribution is 2.21. The minimum absolute atomic E-state index is 0.0579. The number of sulfone groups is 1. The third kappa shape index (κ3) is 5.48. The van der Waals surface area contributed by atoms with E-state index in [-0.39, 0.29) is 42.1 Å². The third-order valence-electron chi connectivity index (χ3n) is 3.63. The van der Waals surface area contributed by atoms with Gasteiger partial charge in [-0.1, -0.05) is 30.3 Å². The number of carbonyl (C=O) groups excluding carboxylic acids is 2. The molecule has 1 aliphatic heterocycles. The van der Waals surface area contributed by atoms with E-state index in [1.54, 1.807) is 0 Å². The van der Waals surface area contributed by atoms with Gasteiger partial charge >= 0.3 is 0 Å². The lowest BCUT2D eigenvalue weighted by atomic mass is 10.1. The second-order valence-electron chi connectivity index (χ2n) is 5.56. The van der Waals surface area contributed by atoms with Crippen molar-refractivity contribution in [3.8, 4) is 0 Å². The molecule has 0 aliphatic carbocycles. The molecule has 1 aliphatic rings. The molecular formula is C15H20N2O4S. The molecule has 1 heterocycles. The molecule has 1 atom stereocenters.